The smallest absolute Gasteiger partial charge is 0.488 e. The summed E-state index contributed by atoms with van der Waals surface area (Å²) in [6.07, 6.45) is 0.723. The van der Waals surface area contributed by atoms with Crippen molar-refractivity contribution in [2.24, 2.45) is 0 Å². The van der Waals surface area contributed by atoms with Crippen LogP contribution in [-0.2, 0) is 14.6 Å². The van der Waals surface area contributed by atoms with Crippen molar-refractivity contribution >= 4 is 15.7 Å². The van der Waals surface area contributed by atoms with Crippen LogP contribution in [0.3, 0.4) is 0 Å². The van der Waals surface area contributed by atoms with E-state index in [0.717, 1.165) is 4.90 Å². The molecule has 0 saturated carbocycles. The summed E-state index contributed by atoms with van der Waals surface area (Å²) >= 11 is 0. The number of nitrogens with zero attached hydrogens (tertiary/aromatic N) is 3. The van der Waals surface area contributed by atoms with Crippen molar-refractivity contribution < 1.29 is 18.3 Å². The Bertz CT molecular complexity index is 704. The molecule has 0 aromatic heterocycles. The topological polar surface area (TPSA) is 103 Å². The van der Waals surface area contributed by atoms with Crippen LogP contribution < -0.4 is 0 Å². The van der Waals surface area contributed by atoms with Crippen molar-refractivity contribution in [2.75, 3.05) is 6.54 Å². The molecule has 0 spiro atoms. The summed E-state index contributed by atoms with van der Waals surface area (Å²) in [6.45, 7) is 0.188. The molecule has 0 bridgehead atoms. The number of sulfone groups is 1. The highest BCUT2D eigenvalue weighted by atomic mass is 32.2. The normalized spacial score (nSPS) is 16.8. The number of likely N-dealkylation sites (tertiary alicyclic amines) is 1. The van der Waals surface area contributed by atoms with Crippen molar-refractivity contribution in [1.29, 1.82) is 5.39 Å². The lowest BCUT2D eigenvalue weighted by atomic mass is 10.4. The maximum absolute atomic E-state index is 12.3. The first-order valence-corrected chi connectivity index (χ1v) is 7.35. The third-order valence-corrected chi connectivity index (χ3v) is 4.59. The molecule has 1 aromatic carbocycles. The largest absolute Gasteiger partial charge is 0.538 e. The minimum absolute atomic E-state index is 0.133. The number of carbonyl (C=O) groups excluding carboxylic acids is 1. The van der Waals surface area contributed by atoms with Gasteiger partial charge < -0.3 is 5.11 Å². The van der Waals surface area contributed by atoms with Crippen molar-refractivity contribution in [3.05, 3.63) is 46.2 Å². The minimum atomic E-state index is -4.19. The minimum Gasteiger partial charge on any atom is -0.488 e. The summed E-state index contributed by atoms with van der Waals surface area (Å²) in [6, 6.07) is 7.24. The number of diazo groups is 1. The fourth-order valence-corrected chi connectivity index (χ4v) is 3.11. The number of benzene rings is 1. The first kappa shape index (κ1) is 14.0. The Kier molecular flexibility index (Phi) is 3.72. The summed E-state index contributed by atoms with van der Waals surface area (Å²) in [5.74, 6) is -1.26. The fourth-order valence-electron chi connectivity index (χ4n) is 1.92. The Balaban J connectivity index is 2.53. The maximum Gasteiger partial charge on any atom is 0.538 e. The first-order chi connectivity index (χ1) is 9.48. The lowest BCUT2D eigenvalue weighted by molar-refractivity contribution is -0.127. The predicted octanol–water partition coefficient (Wildman–Crippen LogP) is 1.62. The second kappa shape index (κ2) is 5.30. The van der Waals surface area contributed by atoms with Gasteiger partial charge >= 0.3 is 10.9 Å². The van der Waals surface area contributed by atoms with Crippen molar-refractivity contribution in [2.45, 2.75) is 17.7 Å². The van der Waals surface area contributed by atoms with E-state index < -0.39 is 26.7 Å². The summed E-state index contributed by atoms with van der Waals surface area (Å²) in [4.78, 5) is 14.9. The number of aliphatic hydroxyl groups excluding tert-OH is 1. The molecule has 1 amide bonds. The molecule has 1 heterocycles. The lowest BCUT2D eigenvalue weighted by Crippen LogP contribution is -2.26. The van der Waals surface area contributed by atoms with E-state index in [-0.39, 0.29) is 17.9 Å². The predicted molar refractivity (Wildman–Crippen MR) is 69.3 cm³/mol. The van der Waals surface area contributed by atoms with E-state index in [9.17, 15) is 18.3 Å². The molecule has 0 atom stereocenters. The van der Waals surface area contributed by atoms with Crippen molar-refractivity contribution in [1.82, 2.24) is 4.90 Å². The van der Waals surface area contributed by atoms with Gasteiger partial charge in [0.15, 0.2) is 4.98 Å². The summed E-state index contributed by atoms with van der Waals surface area (Å²) < 4.78 is 24.5. The number of carbonyl (C=O) groups is 1. The van der Waals surface area contributed by atoms with Crippen LogP contribution in [0.1, 0.15) is 12.8 Å². The second-order valence-electron chi connectivity index (χ2n) is 4.19. The third kappa shape index (κ3) is 2.35. The molecule has 1 fully saturated rings. The van der Waals surface area contributed by atoms with E-state index in [2.05, 4.69) is 4.98 Å². The van der Waals surface area contributed by atoms with Crippen LogP contribution in [0, 0.1) is 5.39 Å². The molecule has 8 heteroatoms. The van der Waals surface area contributed by atoms with Gasteiger partial charge in [-0.1, -0.05) is 18.2 Å². The van der Waals surface area contributed by atoms with Crippen LogP contribution in [0.15, 0.2) is 46.1 Å². The van der Waals surface area contributed by atoms with Gasteiger partial charge in [0.2, 0.25) is 11.3 Å². The average molecular weight is 294 g/mol. The third-order valence-electron chi connectivity index (χ3n) is 2.92. The summed E-state index contributed by atoms with van der Waals surface area (Å²) in [5.41, 5.74) is 0. The van der Waals surface area contributed by atoms with Crippen LogP contribution in [0.2, 0.25) is 0 Å². The van der Waals surface area contributed by atoms with Crippen molar-refractivity contribution in [3.63, 3.8) is 0 Å². The van der Waals surface area contributed by atoms with Crippen molar-refractivity contribution in [3.8, 4) is 0 Å². The van der Waals surface area contributed by atoms with E-state index in [1.807, 2.05) is 0 Å². The van der Waals surface area contributed by atoms with Gasteiger partial charge in [0, 0.05) is 13.0 Å². The van der Waals surface area contributed by atoms with Gasteiger partial charge in [-0.05, 0) is 18.6 Å². The highest BCUT2D eigenvalue weighted by Crippen LogP contribution is 2.26. The van der Waals surface area contributed by atoms with E-state index in [1.54, 1.807) is 6.07 Å². The monoisotopic (exact) mass is 294 g/mol. The number of rotatable bonds is 3. The van der Waals surface area contributed by atoms with Gasteiger partial charge in [-0.25, -0.2) is 8.42 Å². The van der Waals surface area contributed by atoms with Gasteiger partial charge in [-0.3, -0.25) is 9.69 Å². The Hall–Kier alpha value is -2.40. The highest BCUT2D eigenvalue weighted by molar-refractivity contribution is 7.95. The van der Waals surface area contributed by atoms with Gasteiger partial charge in [-0.15, -0.1) is 0 Å². The molecular weight excluding hydrogens is 282 g/mol. The molecule has 1 aromatic rings. The van der Waals surface area contributed by atoms with E-state index in [4.69, 9.17) is 5.39 Å². The quantitative estimate of drug-likeness (QED) is 0.674. The lowest BCUT2D eigenvalue weighted by Gasteiger charge is -2.11. The average Bonchev–Trinajstić information content (AvgIpc) is 2.86. The summed E-state index contributed by atoms with van der Waals surface area (Å²) in [5, 5.41) is 17.9. The molecule has 0 aliphatic carbocycles. The highest BCUT2D eigenvalue weighted by Gasteiger charge is 2.42. The van der Waals surface area contributed by atoms with E-state index in [0.29, 0.717) is 6.42 Å². The van der Waals surface area contributed by atoms with Crippen LogP contribution in [0.25, 0.3) is 4.98 Å². The molecule has 2 rings (SSSR count). The van der Waals surface area contributed by atoms with E-state index >= 15 is 0 Å². The Morgan fingerprint density at radius 3 is 2.45 bits per heavy atom. The Morgan fingerprint density at radius 1 is 1.30 bits per heavy atom. The first-order valence-electron chi connectivity index (χ1n) is 5.87. The van der Waals surface area contributed by atoms with Gasteiger partial charge in [0.05, 0.1) is 4.90 Å². The molecule has 0 radical (unpaired) electrons. The van der Waals surface area contributed by atoms with Gasteiger partial charge in [0.1, 0.15) is 0 Å². The molecular formula is C12H12N3O4S+. The van der Waals surface area contributed by atoms with Crippen LogP contribution in [0.4, 0.5) is 0 Å². The number of amides is 1. The molecule has 1 saturated heterocycles. The number of hydrogen-bond donors (Lipinski definition) is 1. The van der Waals surface area contributed by atoms with Gasteiger partial charge in [0.25, 0.3) is 9.84 Å². The number of hydrogen-bond acceptors (Lipinski definition) is 5. The zero-order valence-electron chi connectivity index (χ0n) is 10.4. The molecule has 20 heavy (non-hydrogen) atoms. The molecule has 104 valence electrons. The Morgan fingerprint density at radius 2 is 1.95 bits per heavy atom. The second-order valence-corrected chi connectivity index (χ2v) is 6.06. The fraction of sp³-hybridized carbons (Fsp3) is 0.250. The molecule has 0 unspecified atom stereocenters. The standard InChI is InChI=1S/C12H11N3O4S/c13-14-11(12(17)15-8-4-7-10(15)16)20(18,19)9-5-2-1-3-6-9/h1-3,5-6H,4,7-8H2/p+1. The Labute approximate surface area is 115 Å². The number of aliphatic hydroxyl groups is 1. The molecule has 1 aliphatic rings. The van der Waals surface area contributed by atoms with Crippen LogP contribution >= 0.6 is 0 Å². The van der Waals surface area contributed by atoms with E-state index in [1.165, 1.54) is 24.3 Å². The maximum atomic E-state index is 12.3. The molecule has 1 aliphatic heterocycles. The van der Waals surface area contributed by atoms with Gasteiger partial charge in [-0.2, -0.15) is 0 Å². The van der Waals surface area contributed by atoms with Crippen LogP contribution in [-0.4, -0.2) is 30.9 Å². The summed E-state index contributed by atoms with van der Waals surface area (Å²) in [7, 11) is -4.19. The molecule has 1 N–H and O–H groups in total. The van der Waals surface area contributed by atoms with Crippen LogP contribution in [0.5, 0.6) is 0 Å². The zero-order valence-corrected chi connectivity index (χ0v) is 11.2. The molecule has 7 nitrogen and oxygen atoms in total. The zero-order chi connectivity index (χ0) is 14.8. The SMILES string of the molecule is N#[N+]C(=C(O)N1CCCC1=O)S(=O)(=O)c1ccccc1.